The van der Waals surface area contributed by atoms with Gasteiger partial charge in [-0.3, -0.25) is 10.1 Å². The molecule has 1 rings (SSSR count). The minimum atomic E-state index is -0.991. The molecule has 0 fully saturated rings. The van der Waals surface area contributed by atoms with E-state index >= 15 is 0 Å². The first-order chi connectivity index (χ1) is 5.66. The normalized spacial score (nSPS) is 12.8. The van der Waals surface area contributed by atoms with Gasteiger partial charge in [-0.05, 0) is 0 Å². The molecular formula is C5H8N4O3. The monoisotopic (exact) mass is 172 g/mol. The van der Waals surface area contributed by atoms with Crippen LogP contribution in [-0.4, -0.2) is 25.0 Å². The summed E-state index contributed by atoms with van der Waals surface area (Å²) in [5.41, 5.74) is 0.333. The second kappa shape index (κ2) is 3.26. The Bertz CT molecular complexity index is 284. The third kappa shape index (κ3) is 1.40. The van der Waals surface area contributed by atoms with Crippen molar-refractivity contribution in [2.75, 3.05) is 0 Å². The molecule has 1 aromatic heterocycles. The van der Waals surface area contributed by atoms with Crippen molar-refractivity contribution in [3.05, 3.63) is 22.0 Å². The highest BCUT2D eigenvalue weighted by molar-refractivity contribution is 4.91. The first kappa shape index (κ1) is 8.60. The van der Waals surface area contributed by atoms with Gasteiger partial charge in [0.25, 0.3) is 0 Å². The van der Waals surface area contributed by atoms with Gasteiger partial charge in [0.2, 0.25) is 0 Å². The average Bonchev–Trinajstić information content (AvgIpc) is 2.49. The van der Waals surface area contributed by atoms with Gasteiger partial charge < -0.3 is 5.11 Å². The quantitative estimate of drug-likeness (QED) is 0.493. The summed E-state index contributed by atoms with van der Waals surface area (Å²) in [6.07, 6.45) is 0.301. The molecule has 0 aliphatic carbocycles. The van der Waals surface area contributed by atoms with Crippen molar-refractivity contribution in [3.63, 3.8) is 0 Å². The molecule has 1 N–H and O–H groups in total. The molecule has 1 aromatic rings. The van der Waals surface area contributed by atoms with Crippen molar-refractivity contribution in [2.24, 2.45) is 0 Å². The number of aliphatic hydroxyl groups excluding tert-OH is 1. The van der Waals surface area contributed by atoms with Crippen LogP contribution < -0.4 is 0 Å². The Hall–Kier alpha value is -1.50. The van der Waals surface area contributed by atoms with Crippen molar-refractivity contribution in [1.82, 2.24) is 15.0 Å². The molecule has 1 heterocycles. The molecule has 7 nitrogen and oxygen atoms in total. The third-order valence-electron chi connectivity index (χ3n) is 1.47. The number of hydrogen-bond donors (Lipinski definition) is 1. The van der Waals surface area contributed by atoms with E-state index in [1.165, 1.54) is 13.1 Å². The minimum absolute atomic E-state index is 0.300. The molecule has 0 bridgehead atoms. The summed E-state index contributed by atoms with van der Waals surface area (Å²) in [6, 6.07) is 0. The van der Waals surface area contributed by atoms with Gasteiger partial charge in [0.15, 0.2) is 0 Å². The first-order valence-corrected chi connectivity index (χ1v) is 3.30. The van der Waals surface area contributed by atoms with E-state index in [0.29, 0.717) is 5.69 Å². The van der Waals surface area contributed by atoms with E-state index in [2.05, 4.69) is 10.3 Å². The molecule has 12 heavy (non-hydrogen) atoms. The van der Waals surface area contributed by atoms with E-state index in [-0.39, 0.29) is 6.61 Å². The third-order valence-corrected chi connectivity index (χ3v) is 1.47. The zero-order valence-electron chi connectivity index (χ0n) is 6.41. The molecule has 66 valence electrons. The summed E-state index contributed by atoms with van der Waals surface area (Å²) < 4.78 is 1.07. The number of nitrogens with zero attached hydrogens (tertiary/aromatic N) is 4. The lowest BCUT2D eigenvalue weighted by Crippen LogP contribution is -2.18. The second-order valence-corrected chi connectivity index (χ2v) is 2.25. The van der Waals surface area contributed by atoms with E-state index < -0.39 is 11.1 Å². The Morgan fingerprint density at radius 2 is 2.58 bits per heavy atom. The van der Waals surface area contributed by atoms with Gasteiger partial charge in [-0.1, -0.05) is 5.21 Å². The summed E-state index contributed by atoms with van der Waals surface area (Å²) in [5.74, 6) is 0. The van der Waals surface area contributed by atoms with Gasteiger partial charge in [-0.15, -0.1) is 5.10 Å². The standard InChI is InChI=1S/C5H8N4O3/c1-4(9(11)12)8-5(3-10)2-6-7-8/h2,4,10H,3H2,1H3. The van der Waals surface area contributed by atoms with Crippen LogP contribution in [0.2, 0.25) is 0 Å². The van der Waals surface area contributed by atoms with Crippen LogP contribution in [0.3, 0.4) is 0 Å². The van der Waals surface area contributed by atoms with Crippen LogP contribution in [0.1, 0.15) is 18.8 Å². The maximum Gasteiger partial charge on any atom is 0.303 e. The topological polar surface area (TPSA) is 94.1 Å². The molecule has 1 unspecified atom stereocenters. The molecule has 0 saturated heterocycles. The summed E-state index contributed by atoms with van der Waals surface area (Å²) in [4.78, 5) is 9.80. The van der Waals surface area contributed by atoms with Gasteiger partial charge in [0.05, 0.1) is 18.5 Å². The van der Waals surface area contributed by atoms with Crippen LogP contribution in [0.5, 0.6) is 0 Å². The van der Waals surface area contributed by atoms with Crippen molar-refractivity contribution < 1.29 is 10.0 Å². The highest BCUT2D eigenvalue weighted by Gasteiger charge is 2.18. The summed E-state index contributed by atoms with van der Waals surface area (Å²) in [7, 11) is 0. The second-order valence-electron chi connectivity index (χ2n) is 2.25. The predicted molar refractivity (Wildman–Crippen MR) is 37.7 cm³/mol. The number of hydrogen-bond acceptors (Lipinski definition) is 5. The van der Waals surface area contributed by atoms with E-state index in [9.17, 15) is 10.1 Å². The summed E-state index contributed by atoms with van der Waals surface area (Å²) in [6.45, 7) is 1.07. The zero-order chi connectivity index (χ0) is 9.14. The first-order valence-electron chi connectivity index (χ1n) is 3.30. The molecule has 0 saturated carbocycles. The Morgan fingerprint density at radius 3 is 3.08 bits per heavy atom. The molecule has 0 radical (unpaired) electrons. The fourth-order valence-electron chi connectivity index (χ4n) is 0.782. The van der Waals surface area contributed by atoms with Crippen LogP contribution in [0.25, 0.3) is 0 Å². The summed E-state index contributed by atoms with van der Waals surface area (Å²) in [5, 5.41) is 25.9. The number of rotatable bonds is 3. The summed E-state index contributed by atoms with van der Waals surface area (Å²) >= 11 is 0. The Kier molecular flexibility index (Phi) is 2.34. The van der Waals surface area contributed by atoms with Gasteiger partial charge in [-0.25, -0.2) is 0 Å². The van der Waals surface area contributed by atoms with Crippen LogP contribution in [0.15, 0.2) is 6.20 Å². The number of aromatic nitrogens is 3. The van der Waals surface area contributed by atoms with Crippen molar-refractivity contribution in [2.45, 2.75) is 19.7 Å². The maximum atomic E-state index is 10.3. The van der Waals surface area contributed by atoms with E-state index in [1.807, 2.05) is 0 Å². The van der Waals surface area contributed by atoms with Crippen LogP contribution in [-0.2, 0) is 6.61 Å². The van der Waals surface area contributed by atoms with Crippen LogP contribution in [0.4, 0.5) is 0 Å². The molecule has 1 atom stereocenters. The lowest BCUT2D eigenvalue weighted by molar-refractivity contribution is -0.545. The molecule has 0 aliphatic heterocycles. The van der Waals surface area contributed by atoms with Crippen LogP contribution in [0, 0.1) is 10.1 Å². The van der Waals surface area contributed by atoms with Crippen LogP contribution >= 0.6 is 0 Å². The smallest absolute Gasteiger partial charge is 0.303 e. The number of aliphatic hydroxyl groups is 1. The predicted octanol–water partition coefficient (Wildman–Crippen LogP) is -0.434. The van der Waals surface area contributed by atoms with Gasteiger partial charge >= 0.3 is 6.17 Å². The van der Waals surface area contributed by atoms with Crippen molar-refractivity contribution in [3.8, 4) is 0 Å². The Balaban J connectivity index is 2.93. The van der Waals surface area contributed by atoms with Gasteiger partial charge in [-0.2, -0.15) is 4.68 Å². The molecule has 0 spiro atoms. The zero-order valence-corrected chi connectivity index (χ0v) is 6.41. The molecule has 0 amide bonds. The number of nitro groups is 1. The highest BCUT2D eigenvalue weighted by atomic mass is 16.6. The van der Waals surface area contributed by atoms with Gasteiger partial charge in [0, 0.05) is 11.8 Å². The van der Waals surface area contributed by atoms with Gasteiger partial charge in [0.1, 0.15) is 0 Å². The van der Waals surface area contributed by atoms with E-state index in [0.717, 1.165) is 4.68 Å². The molecule has 0 aromatic carbocycles. The molecular weight excluding hydrogens is 164 g/mol. The van der Waals surface area contributed by atoms with E-state index in [4.69, 9.17) is 5.11 Å². The van der Waals surface area contributed by atoms with Crippen molar-refractivity contribution in [1.29, 1.82) is 0 Å². The minimum Gasteiger partial charge on any atom is -0.390 e. The highest BCUT2D eigenvalue weighted by Crippen LogP contribution is 2.07. The SMILES string of the molecule is CC(n1nncc1CO)[N+](=O)[O-]. The van der Waals surface area contributed by atoms with E-state index in [1.54, 1.807) is 0 Å². The lowest BCUT2D eigenvalue weighted by atomic mass is 10.4. The fraction of sp³-hybridized carbons (Fsp3) is 0.600. The largest absolute Gasteiger partial charge is 0.390 e. The molecule has 0 aliphatic rings. The lowest BCUT2D eigenvalue weighted by Gasteiger charge is -2.04. The maximum absolute atomic E-state index is 10.3. The Morgan fingerprint density at radius 1 is 1.92 bits per heavy atom. The Labute approximate surface area is 67.8 Å². The fourth-order valence-corrected chi connectivity index (χ4v) is 0.782. The average molecular weight is 172 g/mol. The molecule has 7 heteroatoms. The van der Waals surface area contributed by atoms with Crippen molar-refractivity contribution >= 4 is 0 Å².